The first-order valence-corrected chi connectivity index (χ1v) is 7.96. The second-order valence-corrected chi connectivity index (χ2v) is 6.34. The third kappa shape index (κ3) is 2.78. The van der Waals surface area contributed by atoms with Crippen molar-refractivity contribution < 1.29 is 4.79 Å². The molecule has 4 rings (SSSR count). The SMILES string of the molecule is C.CC(=O)Nc1nc2ccc(-c3nn(C)c4ncnc(N)c34)cc2s1. The highest BCUT2D eigenvalue weighted by Crippen LogP contribution is 2.34. The molecule has 1 amide bonds. The van der Waals surface area contributed by atoms with E-state index in [-0.39, 0.29) is 13.3 Å². The molecule has 4 aromatic rings. The highest BCUT2D eigenvalue weighted by molar-refractivity contribution is 7.22. The fourth-order valence-electron chi connectivity index (χ4n) is 2.59. The molecule has 0 bridgehead atoms. The minimum atomic E-state index is -0.144. The minimum Gasteiger partial charge on any atom is -0.383 e. The molecule has 3 N–H and O–H groups in total. The van der Waals surface area contributed by atoms with Crippen LogP contribution in [0.15, 0.2) is 24.5 Å². The number of nitrogens with zero attached hydrogens (tertiary/aromatic N) is 5. The van der Waals surface area contributed by atoms with Crippen molar-refractivity contribution in [2.45, 2.75) is 14.4 Å². The minimum absolute atomic E-state index is 0. The van der Waals surface area contributed by atoms with Crippen LogP contribution in [0.1, 0.15) is 14.4 Å². The number of hydrogen-bond acceptors (Lipinski definition) is 7. The second-order valence-electron chi connectivity index (χ2n) is 5.31. The van der Waals surface area contributed by atoms with Gasteiger partial charge in [0.1, 0.15) is 17.8 Å². The zero-order chi connectivity index (χ0) is 16.8. The number of fused-ring (bicyclic) bond motifs is 2. The summed E-state index contributed by atoms with van der Waals surface area (Å²) in [4.78, 5) is 23.9. The number of hydrogen-bond donors (Lipinski definition) is 2. The average molecular weight is 355 g/mol. The molecule has 0 spiro atoms. The van der Waals surface area contributed by atoms with Gasteiger partial charge in [0.05, 0.1) is 15.6 Å². The second kappa shape index (κ2) is 6.10. The number of nitrogens with two attached hydrogens (primary N) is 1. The fraction of sp³-hybridized carbons (Fsp3) is 0.188. The average Bonchev–Trinajstić information content (AvgIpc) is 3.07. The van der Waals surface area contributed by atoms with Crippen molar-refractivity contribution in [2.24, 2.45) is 7.05 Å². The van der Waals surface area contributed by atoms with Gasteiger partial charge in [0.2, 0.25) is 5.91 Å². The van der Waals surface area contributed by atoms with Crippen molar-refractivity contribution in [1.82, 2.24) is 24.7 Å². The van der Waals surface area contributed by atoms with E-state index in [1.165, 1.54) is 24.6 Å². The van der Waals surface area contributed by atoms with Crippen LogP contribution in [0.3, 0.4) is 0 Å². The molecule has 0 atom stereocenters. The Morgan fingerprint density at radius 2 is 2.12 bits per heavy atom. The molecule has 1 aromatic carbocycles. The number of aryl methyl sites for hydroxylation is 1. The number of benzene rings is 1. The first kappa shape index (κ1) is 16.8. The van der Waals surface area contributed by atoms with Crippen molar-refractivity contribution in [3.8, 4) is 11.3 Å². The predicted octanol–water partition coefficient (Wildman–Crippen LogP) is 2.82. The Morgan fingerprint density at radius 1 is 1.32 bits per heavy atom. The molecule has 9 heteroatoms. The van der Waals surface area contributed by atoms with Gasteiger partial charge < -0.3 is 11.1 Å². The van der Waals surface area contributed by atoms with E-state index in [4.69, 9.17) is 5.73 Å². The van der Waals surface area contributed by atoms with Crippen molar-refractivity contribution >= 4 is 49.4 Å². The van der Waals surface area contributed by atoms with E-state index in [0.29, 0.717) is 16.6 Å². The Morgan fingerprint density at radius 3 is 2.88 bits per heavy atom. The largest absolute Gasteiger partial charge is 0.383 e. The van der Waals surface area contributed by atoms with Crippen molar-refractivity contribution in [1.29, 1.82) is 0 Å². The molecular weight excluding hydrogens is 338 g/mol. The van der Waals surface area contributed by atoms with Gasteiger partial charge in [0.15, 0.2) is 10.8 Å². The van der Waals surface area contributed by atoms with Crippen molar-refractivity contribution in [3.63, 3.8) is 0 Å². The Kier molecular flexibility index (Phi) is 4.09. The summed E-state index contributed by atoms with van der Waals surface area (Å²) in [6.45, 7) is 1.46. The Bertz CT molecular complexity index is 1100. The lowest BCUT2D eigenvalue weighted by molar-refractivity contribution is -0.114. The predicted molar refractivity (Wildman–Crippen MR) is 100 cm³/mol. The molecule has 8 nitrogen and oxygen atoms in total. The first-order chi connectivity index (χ1) is 11.5. The van der Waals surface area contributed by atoms with E-state index in [1.54, 1.807) is 4.68 Å². The summed E-state index contributed by atoms with van der Waals surface area (Å²) in [7, 11) is 1.82. The van der Waals surface area contributed by atoms with E-state index in [0.717, 1.165) is 26.9 Å². The molecule has 0 aliphatic carbocycles. The van der Waals surface area contributed by atoms with Gasteiger partial charge in [0.25, 0.3) is 0 Å². The van der Waals surface area contributed by atoms with E-state index < -0.39 is 0 Å². The summed E-state index contributed by atoms with van der Waals surface area (Å²) in [6, 6.07) is 5.80. The zero-order valence-corrected chi connectivity index (χ0v) is 13.8. The maximum atomic E-state index is 11.2. The number of carbonyl (C=O) groups is 1. The molecule has 0 aliphatic rings. The van der Waals surface area contributed by atoms with Crippen LogP contribution >= 0.6 is 11.3 Å². The molecule has 0 aliphatic heterocycles. The van der Waals surface area contributed by atoms with Gasteiger partial charge in [-0.1, -0.05) is 24.8 Å². The Balaban J connectivity index is 0.00000182. The van der Waals surface area contributed by atoms with Crippen LogP contribution in [0.4, 0.5) is 10.9 Å². The highest BCUT2D eigenvalue weighted by atomic mass is 32.1. The van der Waals surface area contributed by atoms with Crippen LogP contribution in [0, 0.1) is 0 Å². The zero-order valence-electron chi connectivity index (χ0n) is 12.9. The lowest BCUT2D eigenvalue weighted by Gasteiger charge is -1.99. The molecule has 0 saturated carbocycles. The number of rotatable bonds is 2. The van der Waals surface area contributed by atoms with Crippen LogP contribution in [-0.2, 0) is 11.8 Å². The lowest BCUT2D eigenvalue weighted by Crippen LogP contribution is -2.04. The van der Waals surface area contributed by atoms with Crippen LogP contribution in [0.25, 0.3) is 32.5 Å². The molecule has 25 heavy (non-hydrogen) atoms. The Labute approximate surface area is 147 Å². The van der Waals surface area contributed by atoms with Gasteiger partial charge in [-0.25, -0.2) is 19.6 Å². The molecule has 3 aromatic heterocycles. The molecule has 0 unspecified atom stereocenters. The van der Waals surface area contributed by atoms with Gasteiger partial charge in [-0.2, -0.15) is 5.10 Å². The van der Waals surface area contributed by atoms with Crippen LogP contribution in [-0.4, -0.2) is 30.6 Å². The summed E-state index contributed by atoms with van der Waals surface area (Å²) in [5.41, 5.74) is 9.14. The number of nitrogens with one attached hydrogen (secondary N) is 1. The first-order valence-electron chi connectivity index (χ1n) is 7.14. The molecule has 3 heterocycles. The number of carbonyl (C=O) groups excluding carboxylic acids is 1. The molecular formula is C16H17N7OS. The summed E-state index contributed by atoms with van der Waals surface area (Å²) in [5.74, 6) is 0.251. The number of anilines is 2. The molecule has 0 radical (unpaired) electrons. The van der Waals surface area contributed by atoms with Crippen LogP contribution in [0.2, 0.25) is 0 Å². The lowest BCUT2D eigenvalue weighted by atomic mass is 10.1. The third-order valence-corrected chi connectivity index (χ3v) is 4.53. The number of aromatic nitrogens is 5. The van der Waals surface area contributed by atoms with E-state index >= 15 is 0 Å². The highest BCUT2D eigenvalue weighted by Gasteiger charge is 2.16. The maximum absolute atomic E-state index is 11.2. The summed E-state index contributed by atoms with van der Waals surface area (Å²) in [5, 5.41) is 8.54. The number of thiazole rings is 1. The van der Waals surface area contributed by atoms with E-state index in [2.05, 4.69) is 25.4 Å². The van der Waals surface area contributed by atoms with Crippen molar-refractivity contribution in [3.05, 3.63) is 24.5 Å². The number of nitrogen functional groups attached to an aromatic ring is 1. The third-order valence-electron chi connectivity index (χ3n) is 3.59. The van der Waals surface area contributed by atoms with Crippen LogP contribution in [0.5, 0.6) is 0 Å². The van der Waals surface area contributed by atoms with Gasteiger partial charge in [-0.3, -0.25) is 4.79 Å². The van der Waals surface area contributed by atoms with E-state index in [9.17, 15) is 4.79 Å². The normalized spacial score (nSPS) is 10.8. The van der Waals surface area contributed by atoms with Gasteiger partial charge in [-0.05, 0) is 12.1 Å². The fourth-order valence-corrected chi connectivity index (χ4v) is 3.54. The monoisotopic (exact) mass is 355 g/mol. The molecule has 0 fully saturated rings. The van der Waals surface area contributed by atoms with Gasteiger partial charge in [-0.15, -0.1) is 0 Å². The summed E-state index contributed by atoms with van der Waals surface area (Å²) in [6.07, 6.45) is 1.43. The maximum Gasteiger partial charge on any atom is 0.223 e. The smallest absolute Gasteiger partial charge is 0.223 e. The van der Waals surface area contributed by atoms with Crippen LogP contribution < -0.4 is 11.1 Å². The molecule has 128 valence electrons. The molecule has 0 saturated heterocycles. The van der Waals surface area contributed by atoms with E-state index in [1.807, 2.05) is 25.2 Å². The van der Waals surface area contributed by atoms with Gasteiger partial charge in [0, 0.05) is 19.5 Å². The number of amides is 1. The standard InChI is InChI=1S/C15H13N7OS.CH4/c1-7(23)19-15-20-9-4-3-8(5-10(9)24-15)12-11-13(16)17-6-18-14(11)22(2)21-12;/h3-6H,1-2H3,(H2,16,17,18)(H,19,20,23);1H4. The van der Waals surface area contributed by atoms with Crippen molar-refractivity contribution in [2.75, 3.05) is 11.1 Å². The Hall–Kier alpha value is -3.07. The summed E-state index contributed by atoms with van der Waals surface area (Å²) < 4.78 is 2.63. The van der Waals surface area contributed by atoms with Gasteiger partial charge >= 0.3 is 0 Å². The summed E-state index contributed by atoms with van der Waals surface area (Å²) >= 11 is 1.41. The topological polar surface area (TPSA) is 112 Å². The quantitative estimate of drug-likeness (QED) is 0.572.